The smallest absolute Gasteiger partial charge is 0.258 e. The zero-order valence-corrected chi connectivity index (χ0v) is 13.5. The van der Waals surface area contributed by atoms with Gasteiger partial charge in [-0.2, -0.15) is 0 Å². The summed E-state index contributed by atoms with van der Waals surface area (Å²) in [5, 5.41) is 4.37. The predicted octanol–water partition coefficient (Wildman–Crippen LogP) is 4.77. The van der Waals surface area contributed by atoms with Gasteiger partial charge in [-0.25, -0.2) is 0 Å². The standard InChI is InChI=1S/C15H14Cl2N2OS/c16-8-5-6-10(17)11(7-8)19-15(20)13-9-3-1-2-4-12(9)21-14(13)18/h5-7H,1-4,18H2,(H,19,20). The summed E-state index contributed by atoms with van der Waals surface area (Å²) in [6, 6.07) is 4.98. The zero-order chi connectivity index (χ0) is 15.0. The fourth-order valence-corrected chi connectivity index (χ4v) is 4.11. The monoisotopic (exact) mass is 340 g/mol. The number of nitrogens with one attached hydrogen (secondary N) is 1. The highest BCUT2D eigenvalue weighted by molar-refractivity contribution is 7.16. The molecule has 0 saturated heterocycles. The Labute approximate surface area is 137 Å². The highest BCUT2D eigenvalue weighted by Gasteiger charge is 2.24. The summed E-state index contributed by atoms with van der Waals surface area (Å²) in [6.45, 7) is 0. The minimum absolute atomic E-state index is 0.212. The van der Waals surface area contributed by atoms with E-state index in [1.54, 1.807) is 18.2 Å². The molecule has 1 amide bonds. The van der Waals surface area contributed by atoms with Crippen molar-refractivity contribution in [2.45, 2.75) is 25.7 Å². The second kappa shape index (κ2) is 5.87. The van der Waals surface area contributed by atoms with Gasteiger partial charge in [0.15, 0.2) is 0 Å². The Bertz CT molecular complexity index is 712. The van der Waals surface area contributed by atoms with Crippen LogP contribution in [0.4, 0.5) is 10.7 Å². The van der Waals surface area contributed by atoms with Gasteiger partial charge in [0, 0.05) is 9.90 Å². The number of halogens is 2. The third-order valence-electron chi connectivity index (χ3n) is 3.60. The van der Waals surface area contributed by atoms with Crippen molar-refractivity contribution in [3.8, 4) is 0 Å². The van der Waals surface area contributed by atoms with E-state index in [9.17, 15) is 4.79 Å². The number of nitrogen functional groups attached to an aromatic ring is 1. The van der Waals surface area contributed by atoms with Crippen LogP contribution in [0.25, 0.3) is 0 Å². The highest BCUT2D eigenvalue weighted by atomic mass is 35.5. The molecular formula is C15H14Cl2N2OS. The molecule has 2 aromatic rings. The van der Waals surface area contributed by atoms with Gasteiger partial charge in [-0.1, -0.05) is 23.2 Å². The average molecular weight is 341 g/mol. The van der Waals surface area contributed by atoms with E-state index in [1.807, 2.05) is 0 Å². The lowest BCUT2D eigenvalue weighted by Gasteiger charge is -2.13. The molecule has 0 atom stereocenters. The fraction of sp³-hybridized carbons (Fsp3) is 0.267. The Kier molecular flexibility index (Phi) is 4.11. The van der Waals surface area contributed by atoms with E-state index in [-0.39, 0.29) is 5.91 Å². The Balaban J connectivity index is 1.92. The van der Waals surface area contributed by atoms with Crippen molar-refractivity contribution in [2.75, 3.05) is 11.1 Å². The van der Waals surface area contributed by atoms with Crippen molar-refractivity contribution in [3.05, 3.63) is 44.2 Å². The lowest BCUT2D eigenvalue weighted by molar-refractivity contribution is 0.102. The molecule has 1 aromatic carbocycles. The van der Waals surface area contributed by atoms with Crippen LogP contribution in [0.3, 0.4) is 0 Å². The number of amides is 1. The van der Waals surface area contributed by atoms with Crippen LogP contribution >= 0.6 is 34.5 Å². The van der Waals surface area contributed by atoms with Gasteiger partial charge < -0.3 is 11.1 Å². The normalized spacial score (nSPS) is 13.8. The first-order valence-electron chi connectivity index (χ1n) is 6.72. The molecule has 3 rings (SSSR count). The van der Waals surface area contributed by atoms with Gasteiger partial charge in [0.2, 0.25) is 0 Å². The number of carbonyl (C=O) groups is 1. The van der Waals surface area contributed by atoms with Gasteiger partial charge in [-0.15, -0.1) is 11.3 Å². The van der Waals surface area contributed by atoms with Crippen molar-refractivity contribution in [2.24, 2.45) is 0 Å². The summed E-state index contributed by atoms with van der Waals surface area (Å²) >= 11 is 13.5. The number of hydrogen-bond acceptors (Lipinski definition) is 3. The molecule has 6 heteroatoms. The number of rotatable bonds is 2. The van der Waals surface area contributed by atoms with Crippen LogP contribution in [0.5, 0.6) is 0 Å². The first kappa shape index (κ1) is 14.7. The van der Waals surface area contributed by atoms with Crippen molar-refractivity contribution < 1.29 is 4.79 Å². The molecule has 0 aliphatic heterocycles. The van der Waals surface area contributed by atoms with E-state index in [4.69, 9.17) is 28.9 Å². The number of thiophene rings is 1. The van der Waals surface area contributed by atoms with Gasteiger partial charge >= 0.3 is 0 Å². The van der Waals surface area contributed by atoms with Crippen molar-refractivity contribution in [1.29, 1.82) is 0 Å². The minimum Gasteiger partial charge on any atom is -0.390 e. The van der Waals surface area contributed by atoms with Crippen molar-refractivity contribution in [1.82, 2.24) is 0 Å². The Hall–Kier alpha value is -1.23. The fourth-order valence-electron chi connectivity index (χ4n) is 2.61. The Morgan fingerprint density at radius 1 is 1.24 bits per heavy atom. The zero-order valence-electron chi connectivity index (χ0n) is 11.2. The summed E-state index contributed by atoms with van der Waals surface area (Å²) in [6.07, 6.45) is 4.18. The molecule has 0 radical (unpaired) electrons. The molecule has 1 aliphatic carbocycles. The summed E-state index contributed by atoms with van der Waals surface area (Å²) in [5.41, 5.74) is 8.25. The van der Waals surface area contributed by atoms with Crippen LogP contribution in [0, 0.1) is 0 Å². The van der Waals surface area contributed by atoms with Gasteiger partial charge in [-0.3, -0.25) is 4.79 Å². The third-order valence-corrected chi connectivity index (χ3v) is 5.29. The largest absolute Gasteiger partial charge is 0.390 e. The number of aryl methyl sites for hydroxylation is 1. The topological polar surface area (TPSA) is 55.1 Å². The van der Waals surface area contributed by atoms with Crippen molar-refractivity contribution >= 4 is 51.1 Å². The molecule has 1 aliphatic rings. The number of carbonyl (C=O) groups excluding carboxylic acids is 1. The van der Waals surface area contributed by atoms with E-state index in [1.165, 1.54) is 16.2 Å². The maximum absolute atomic E-state index is 12.5. The lowest BCUT2D eigenvalue weighted by atomic mass is 9.95. The van der Waals surface area contributed by atoms with Crippen LogP contribution in [0.2, 0.25) is 10.0 Å². The summed E-state index contributed by atoms with van der Waals surface area (Å²) in [5.74, 6) is -0.212. The first-order valence-corrected chi connectivity index (χ1v) is 8.30. The first-order chi connectivity index (χ1) is 10.1. The number of nitrogens with two attached hydrogens (primary N) is 1. The Morgan fingerprint density at radius 3 is 2.81 bits per heavy atom. The number of hydrogen-bond donors (Lipinski definition) is 2. The van der Waals surface area contributed by atoms with E-state index < -0.39 is 0 Å². The molecular weight excluding hydrogens is 327 g/mol. The molecule has 1 heterocycles. The van der Waals surface area contributed by atoms with E-state index >= 15 is 0 Å². The minimum atomic E-state index is -0.212. The molecule has 0 spiro atoms. The van der Waals surface area contributed by atoms with Gasteiger partial charge in [-0.05, 0) is 49.4 Å². The maximum atomic E-state index is 12.5. The molecule has 0 unspecified atom stereocenters. The van der Waals surface area contributed by atoms with E-state index in [0.29, 0.717) is 26.3 Å². The van der Waals surface area contributed by atoms with Gasteiger partial charge in [0.05, 0.1) is 21.3 Å². The van der Waals surface area contributed by atoms with E-state index in [2.05, 4.69) is 5.32 Å². The second-order valence-corrected chi connectivity index (χ2v) is 7.01. The molecule has 1 aromatic heterocycles. The summed E-state index contributed by atoms with van der Waals surface area (Å²) < 4.78 is 0. The molecule has 0 bridgehead atoms. The van der Waals surface area contributed by atoms with Crippen LogP contribution in [-0.4, -0.2) is 5.91 Å². The van der Waals surface area contributed by atoms with Crippen LogP contribution in [0.15, 0.2) is 18.2 Å². The molecule has 0 fully saturated rings. The van der Waals surface area contributed by atoms with Crippen molar-refractivity contribution in [3.63, 3.8) is 0 Å². The van der Waals surface area contributed by atoms with E-state index in [0.717, 1.165) is 31.2 Å². The lowest BCUT2D eigenvalue weighted by Crippen LogP contribution is -2.16. The molecule has 0 saturated carbocycles. The second-order valence-electron chi connectivity index (χ2n) is 5.03. The highest BCUT2D eigenvalue weighted by Crippen LogP contribution is 2.37. The molecule has 21 heavy (non-hydrogen) atoms. The van der Waals surface area contributed by atoms with Crippen LogP contribution < -0.4 is 11.1 Å². The molecule has 3 nitrogen and oxygen atoms in total. The Morgan fingerprint density at radius 2 is 2.00 bits per heavy atom. The molecule has 3 N–H and O–H groups in total. The number of anilines is 2. The average Bonchev–Trinajstić information content (AvgIpc) is 2.78. The van der Waals surface area contributed by atoms with Crippen LogP contribution in [-0.2, 0) is 12.8 Å². The SMILES string of the molecule is Nc1sc2c(c1C(=O)Nc1cc(Cl)ccc1Cl)CCCC2. The van der Waals surface area contributed by atoms with Gasteiger partial charge in [0.25, 0.3) is 5.91 Å². The maximum Gasteiger partial charge on any atom is 0.258 e. The number of fused-ring (bicyclic) bond motifs is 1. The quantitative estimate of drug-likeness (QED) is 0.827. The molecule has 110 valence electrons. The van der Waals surface area contributed by atoms with Crippen LogP contribution in [0.1, 0.15) is 33.6 Å². The predicted molar refractivity (Wildman–Crippen MR) is 89.8 cm³/mol. The van der Waals surface area contributed by atoms with Gasteiger partial charge in [0.1, 0.15) is 0 Å². The third kappa shape index (κ3) is 2.89. The summed E-state index contributed by atoms with van der Waals surface area (Å²) in [4.78, 5) is 13.8. The number of benzene rings is 1. The summed E-state index contributed by atoms with van der Waals surface area (Å²) in [7, 11) is 0.